The number of nitrogens with zero attached hydrogens (tertiary/aromatic N) is 2. The van der Waals surface area contributed by atoms with Gasteiger partial charge < -0.3 is 5.11 Å². The number of aromatic nitrogens is 1. The Labute approximate surface area is 164 Å². The average molecular weight is 382 g/mol. The third-order valence-electron chi connectivity index (χ3n) is 6.88. The van der Waals surface area contributed by atoms with Crippen LogP contribution in [0.15, 0.2) is 22.6 Å². The Balaban J connectivity index is 1.46. The van der Waals surface area contributed by atoms with Gasteiger partial charge in [0.25, 0.3) is 0 Å². The minimum atomic E-state index is 0.188. The molecule has 4 aliphatic rings. The quantitative estimate of drug-likeness (QED) is 0.552. The zero-order valence-electron chi connectivity index (χ0n) is 16.0. The first kappa shape index (κ1) is 17.2. The number of hydrazone groups is 1. The molecular formula is C22H27N3OS. The van der Waals surface area contributed by atoms with Gasteiger partial charge in [0.2, 0.25) is 5.13 Å². The molecule has 1 aromatic heterocycles. The molecule has 2 aromatic rings. The van der Waals surface area contributed by atoms with Crippen molar-refractivity contribution in [1.29, 1.82) is 0 Å². The number of anilines is 1. The topological polar surface area (TPSA) is 57.5 Å². The van der Waals surface area contributed by atoms with Crippen molar-refractivity contribution in [2.24, 2.45) is 22.9 Å². The molecule has 4 saturated carbocycles. The van der Waals surface area contributed by atoms with Crippen LogP contribution in [-0.4, -0.2) is 16.3 Å². The van der Waals surface area contributed by atoms with Crippen LogP contribution in [0.4, 0.5) is 5.13 Å². The van der Waals surface area contributed by atoms with Gasteiger partial charge in [0.15, 0.2) is 0 Å². The van der Waals surface area contributed by atoms with Crippen molar-refractivity contribution in [3.8, 4) is 5.75 Å². The van der Waals surface area contributed by atoms with Crippen LogP contribution in [0.25, 0.3) is 0 Å². The lowest BCUT2D eigenvalue weighted by molar-refractivity contribution is -0.00616. The molecule has 1 heterocycles. The molecule has 0 saturated heterocycles. The van der Waals surface area contributed by atoms with Gasteiger partial charge in [-0.1, -0.05) is 6.07 Å². The highest BCUT2D eigenvalue weighted by atomic mass is 32.1. The Morgan fingerprint density at radius 3 is 2.41 bits per heavy atom. The second-order valence-corrected chi connectivity index (χ2v) is 9.97. The molecule has 0 spiro atoms. The summed E-state index contributed by atoms with van der Waals surface area (Å²) in [5, 5.41) is 18.2. The Hall–Kier alpha value is -1.88. The van der Waals surface area contributed by atoms with Crippen LogP contribution in [-0.2, 0) is 5.41 Å². The molecule has 6 rings (SSSR count). The Morgan fingerprint density at radius 2 is 1.81 bits per heavy atom. The average Bonchev–Trinajstić information content (AvgIpc) is 3.01. The summed E-state index contributed by atoms with van der Waals surface area (Å²) in [6.07, 6.45) is 9.74. The van der Waals surface area contributed by atoms with Crippen molar-refractivity contribution in [3.63, 3.8) is 0 Å². The number of hydrogen-bond donors (Lipinski definition) is 2. The van der Waals surface area contributed by atoms with Crippen LogP contribution in [0, 0.1) is 31.6 Å². The van der Waals surface area contributed by atoms with Gasteiger partial charge in [-0.3, -0.25) is 5.43 Å². The van der Waals surface area contributed by atoms with E-state index >= 15 is 0 Å². The normalized spacial score (nSPS) is 31.7. The van der Waals surface area contributed by atoms with Crippen molar-refractivity contribution in [2.75, 3.05) is 5.43 Å². The monoisotopic (exact) mass is 381 g/mol. The van der Waals surface area contributed by atoms with Crippen molar-refractivity contribution >= 4 is 22.7 Å². The van der Waals surface area contributed by atoms with Gasteiger partial charge in [-0.2, -0.15) is 5.10 Å². The maximum absolute atomic E-state index is 11.1. The molecule has 0 atom stereocenters. The smallest absolute Gasteiger partial charge is 0.203 e. The zero-order valence-corrected chi connectivity index (χ0v) is 16.9. The largest absolute Gasteiger partial charge is 0.507 e. The van der Waals surface area contributed by atoms with E-state index in [0.29, 0.717) is 5.75 Å². The molecule has 27 heavy (non-hydrogen) atoms. The number of phenols is 1. The standard InChI is InChI=1S/C22H27N3OS/c1-13-3-18(11-23-25-21-24-14(2)12-27-21)20(26)19(4-13)22-8-15-5-16(9-22)7-17(6-15)10-22/h3-4,11-12,15-17,26H,5-10H2,1-2H3,(H,24,25). The first-order chi connectivity index (χ1) is 13.0. The van der Waals surface area contributed by atoms with Crippen LogP contribution in [0.2, 0.25) is 0 Å². The fourth-order valence-electron chi connectivity index (χ4n) is 6.31. The van der Waals surface area contributed by atoms with Crippen LogP contribution in [0.5, 0.6) is 5.75 Å². The van der Waals surface area contributed by atoms with Crippen molar-refractivity contribution in [3.05, 3.63) is 39.9 Å². The molecule has 0 unspecified atom stereocenters. The molecule has 5 heteroatoms. The van der Waals surface area contributed by atoms with E-state index in [2.05, 4.69) is 28.5 Å². The van der Waals surface area contributed by atoms with Crippen molar-refractivity contribution in [1.82, 2.24) is 4.98 Å². The Morgan fingerprint density at radius 1 is 1.15 bits per heavy atom. The maximum atomic E-state index is 11.1. The molecule has 4 nitrogen and oxygen atoms in total. The molecule has 1 aromatic carbocycles. The molecule has 4 bridgehead atoms. The third kappa shape index (κ3) is 3.06. The molecule has 142 valence electrons. The lowest BCUT2D eigenvalue weighted by atomic mass is 9.48. The minimum Gasteiger partial charge on any atom is -0.507 e. The summed E-state index contributed by atoms with van der Waals surface area (Å²) in [5.41, 5.74) is 7.34. The predicted molar refractivity (Wildman–Crippen MR) is 111 cm³/mol. The van der Waals surface area contributed by atoms with Gasteiger partial charge in [-0.05, 0) is 87.2 Å². The Kier molecular flexibility index (Phi) is 4.04. The van der Waals surface area contributed by atoms with Gasteiger partial charge in [0.1, 0.15) is 5.75 Å². The van der Waals surface area contributed by atoms with E-state index in [9.17, 15) is 5.11 Å². The summed E-state index contributed by atoms with van der Waals surface area (Å²) in [5.74, 6) is 3.03. The SMILES string of the molecule is Cc1cc(C=NNc2nc(C)cs2)c(O)c(C23CC4CC(CC(C4)C2)C3)c1. The molecule has 4 aliphatic carbocycles. The first-order valence-electron chi connectivity index (χ1n) is 10.1. The first-order valence-corrected chi connectivity index (χ1v) is 10.9. The van der Waals surface area contributed by atoms with Gasteiger partial charge in [-0.15, -0.1) is 11.3 Å². The van der Waals surface area contributed by atoms with E-state index < -0.39 is 0 Å². The van der Waals surface area contributed by atoms with Crippen molar-refractivity contribution < 1.29 is 5.11 Å². The number of phenolic OH excluding ortho intramolecular Hbond substituents is 1. The number of aromatic hydroxyl groups is 1. The molecule has 0 amide bonds. The summed E-state index contributed by atoms with van der Waals surface area (Å²) in [7, 11) is 0. The highest BCUT2D eigenvalue weighted by Crippen LogP contribution is 2.62. The van der Waals surface area contributed by atoms with Crippen LogP contribution in [0.3, 0.4) is 0 Å². The Bertz CT molecular complexity index is 866. The molecule has 4 fully saturated rings. The number of benzene rings is 1. The molecule has 2 N–H and O–H groups in total. The van der Waals surface area contributed by atoms with E-state index in [0.717, 1.165) is 34.1 Å². The van der Waals surface area contributed by atoms with Gasteiger partial charge in [0, 0.05) is 16.5 Å². The predicted octanol–water partition coefficient (Wildman–Crippen LogP) is 5.38. The lowest BCUT2D eigenvalue weighted by Crippen LogP contribution is -2.48. The van der Waals surface area contributed by atoms with E-state index in [1.165, 1.54) is 61.0 Å². The van der Waals surface area contributed by atoms with E-state index in [1.807, 2.05) is 18.4 Å². The molecular weight excluding hydrogens is 354 g/mol. The number of nitrogens with one attached hydrogen (secondary N) is 1. The number of aryl methyl sites for hydroxylation is 2. The summed E-state index contributed by atoms with van der Waals surface area (Å²) < 4.78 is 0. The summed E-state index contributed by atoms with van der Waals surface area (Å²) in [6.45, 7) is 4.09. The highest BCUT2D eigenvalue weighted by molar-refractivity contribution is 7.13. The highest BCUT2D eigenvalue weighted by Gasteiger charge is 2.52. The fraction of sp³-hybridized carbons (Fsp3) is 0.545. The second kappa shape index (κ2) is 6.33. The van der Waals surface area contributed by atoms with E-state index in [-0.39, 0.29) is 5.41 Å². The van der Waals surface area contributed by atoms with E-state index in [1.54, 1.807) is 6.21 Å². The third-order valence-corrected chi connectivity index (χ3v) is 7.74. The van der Waals surface area contributed by atoms with Crippen LogP contribution in [0.1, 0.15) is 60.9 Å². The number of rotatable bonds is 4. The molecule has 0 radical (unpaired) electrons. The van der Waals surface area contributed by atoms with E-state index in [4.69, 9.17) is 0 Å². The van der Waals surface area contributed by atoms with Crippen LogP contribution >= 0.6 is 11.3 Å². The van der Waals surface area contributed by atoms with Crippen molar-refractivity contribution in [2.45, 2.75) is 57.8 Å². The summed E-state index contributed by atoms with van der Waals surface area (Å²) in [4.78, 5) is 4.36. The maximum Gasteiger partial charge on any atom is 0.203 e. The lowest BCUT2D eigenvalue weighted by Gasteiger charge is -2.57. The molecule has 0 aliphatic heterocycles. The second-order valence-electron chi connectivity index (χ2n) is 9.11. The van der Waals surface area contributed by atoms with Crippen LogP contribution < -0.4 is 5.43 Å². The van der Waals surface area contributed by atoms with Gasteiger partial charge in [-0.25, -0.2) is 4.98 Å². The van der Waals surface area contributed by atoms with Gasteiger partial charge >= 0.3 is 0 Å². The summed E-state index contributed by atoms with van der Waals surface area (Å²) in [6, 6.07) is 4.26. The number of hydrogen-bond acceptors (Lipinski definition) is 5. The van der Waals surface area contributed by atoms with Gasteiger partial charge in [0.05, 0.1) is 11.9 Å². The summed E-state index contributed by atoms with van der Waals surface area (Å²) >= 11 is 1.54. The zero-order chi connectivity index (χ0) is 18.6. The fourth-order valence-corrected chi connectivity index (χ4v) is 6.95. The number of thiazole rings is 1. The minimum absolute atomic E-state index is 0.188.